The van der Waals surface area contributed by atoms with Crippen LogP contribution in [0.1, 0.15) is 24.8 Å². The van der Waals surface area contributed by atoms with Crippen LogP contribution in [-0.4, -0.2) is 28.6 Å². The van der Waals surface area contributed by atoms with Gasteiger partial charge in [0.15, 0.2) is 0 Å². The molecule has 0 aliphatic heterocycles. The average molecular weight is 326 g/mol. The topological polar surface area (TPSA) is 51.2 Å². The first-order chi connectivity index (χ1) is 11.2. The molecule has 1 amide bonds. The molecular formula is C18H18N2O2S. The van der Waals surface area contributed by atoms with E-state index >= 15 is 0 Å². The van der Waals surface area contributed by atoms with Crippen molar-refractivity contribution in [2.24, 2.45) is 0 Å². The van der Waals surface area contributed by atoms with Gasteiger partial charge in [0.05, 0.1) is 5.52 Å². The van der Waals surface area contributed by atoms with Crippen LogP contribution in [0, 0.1) is 12.3 Å². The third-order valence-electron chi connectivity index (χ3n) is 3.94. The number of nitrogens with zero attached hydrogens (tertiary/aromatic N) is 1. The zero-order valence-electron chi connectivity index (χ0n) is 12.9. The van der Waals surface area contributed by atoms with Gasteiger partial charge in [-0.05, 0) is 49.8 Å². The Morgan fingerprint density at radius 2 is 2.30 bits per heavy atom. The Balaban J connectivity index is 1.75. The van der Waals surface area contributed by atoms with E-state index in [0.29, 0.717) is 11.8 Å². The molecule has 1 fully saturated rings. The Morgan fingerprint density at radius 3 is 2.96 bits per heavy atom. The third kappa shape index (κ3) is 3.59. The van der Waals surface area contributed by atoms with E-state index in [-0.39, 0.29) is 5.91 Å². The fourth-order valence-electron chi connectivity index (χ4n) is 2.42. The molecule has 1 aliphatic carbocycles. The molecule has 1 unspecified atom stereocenters. The lowest BCUT2D eigenvalue weighted by molar-refractivity contribution is -0.125. The number of terminal acetylenes is 1. The first kappa shape index (κ1) is 15.7. The molecule has 0 spiro atoms. The van der Waals surface area contributed by atoms with Gasteiger partial charge in [-0.25, -0.2) is 0 Å². The molecule has 1 aromatic carbocycles. The Labute approximate surface area is 140 Å². The van der Waals surface area contributed by atoms with Crippen LogP contribution >= 0.6 is 11.8 Å². The van der Waals surface area contributed by atoms with Crippen LogP contribution < -0.4 is 10.1 Å². The largest absolute Gasteiger partial charge is 0.470 e. The van der Waals surface area contributed by atoms with E-state index in [0.717, 1.165) is 29.3 Å². The van der Waals surface area contributed by atoms with Crippen LogP contribution in [0.2, 0.25) is 0 Å². The van der Waals surface area contributed by atoms with Crippen molar-refractivity contribution in [3.8, 4) is 18.1 Å². The zero-order chi connectivity index (χ0) is 16.2. The molecule has 1 saturated carbocycles. The van der Waals surface area contributed by atoms with Gasteiger partial charge in [0.2, 0.25) is 5.44 Å². The number of amides is 1. The monoisotopic (exact) mass is 326 g/mol. The molecule has 0 radical (unpaired) electrons. The summed E-state index contributed by atoms with van der Waals surface area (Å²) in [4.78, 5) is 16.6. The summed E-state index contributed by atoms with van der Waals surface area (Å²) >= 11 is 1.38. The summed E-state index contributed by atoms with van der Waals surface area (Å²) in [7, 11) is 0. The van der Waals surface area contributed by atoms with Gasteiger partial charge in [-0.2, -0.15) is 0 Å². The number of fused-ring (bicyclic) bond motifs is 1. The number of hydrogen-bond acceptors (Lipinski definition) is 4. The van der Waals surface area contributed by atoms with Crippen LogP contribution in [-0.2, 0) is 4.79 Å². The number of benzene rings is 1. The number of pyridine rings is 1. The van der Waals surface area contributed by atoms with E-state index in [9.17, 15) is 4.79 Å². The fourth-order valence-corrected chi connectivity index (χ4v) is 2.91. The standard InChI is InChI=1S/C18H18N2O2S/c1-3-12-9-13-10-15(7-8-16(13)19-11-12)22-18(23-2)17(21)20-14-5-4-6-14/h1,7-11,14,18H,4-6H2,2H3,(H,20,21). The lowest BCUT2D eigenvalue weighted by Gasteiger charge is -2.28. The molecule has 0 saturated heterocycles. The Hall–Kier alpha value is -2.19. The van der Waals surface area contributed by atoms with E-state index in [1.165, 1.54) is 18.2 Å². The van der Waals surface area contributed by atoms with E-state index in [1.807, 2.05) is 30.5 Å². The maximum atomic E-state index is 12.3. The van der Waals surface area contributed by atoms with Crippen molar-refractivity contribution in [3.63, 3.8) is 0 Å². The summed E-state index contributed by atoms with van der Waals surface area (Å²) in [6.45, 7) is 0. The molecule has 118 valence electrons. The molecule has 1 aliphatic rings. The molecule has 1 N–H and O–H groups in total. The van der Waals surface area contributed by atoms with Gasteiger partial charge < -0.3 is 10.1 Å². The third-order valence-corrected chi connectivity index (χ3v) is 4.68. The van der Waals surface area contributed by atoms with E-state index < -0.39 is 5.44 Å². The number of hydrogen-bond donors (Lipinski definition) is 1. The van der Waals surface area contributed by atoms with Crippen LogP contribution in [0.3, 0.4) is 0 Å². The van der Waals surface area contributed by atoms with E-state index in [1.54, 1.807) is 6.20 Å². The van der Waals surface area contributed by atoms with Crippen molar-refractivity contribution < 1.29 is 9.53 Å². The highest BCUT2D eigenvalue weighted by molar-refractivity contribution is 7.99. The second-order valence-electron chi connectivity index (χ2n) is 5.54. The molecule has 5 heteroatoms. The molecule has 3 rings (SSSR count). The summed E-state index contributed by atoms with van der Waals surface area (Å²) in [5.74, 6) is 3.14. The number of rotatable bonds is 5. The van der Waals surface area contributed by atoms with Gasteiger partial charge >= 0.3 is 0 Å². The molecule has 0 bridgehead atoms. The molecule has 1 heterocycles. The van der Waals surface area contributed by atoms with Crippen molar-refractivity contribution in [2.45, 2.75) is 30.7 Å². The maximum absolute atomic E-state index is 12.3. The van der Waals surface area contributed by atoms with Crippen molar-refractivity contribution in [2.75, 3.05) is 6.26 Å². The SMILES string of the molecule is C#Cc1cnc2ccc(OC(SC)C(=O)NC3CCC3)cc2c1. The second kappa shape index (κ2) is 6.93. The predicted molar refractivity (Wildman–Crippen MR) is 93.4 cm³/mol. The first-order valence-corrected chi connectivity index (χ1v) is 8.84. The van der Waals surface area contributed by atoms with Gasteiger partial charge in [-0.1, -0.05) is 5.92 Å². The van der Waals surface area contributed by atoms with Crippen LogP contribution in [0.5, 0.6) is 5.75 Å². The van der Waals surface area contributed by atoms with Gasteiger partial charge in [-0.15, -0.1) is 18.2 Å². The minimum Gasteiger partial charge on any atom is -0.470 e. The second-order valence-corrected chi connectivity index (χ2v) is 6.44. The van der Waals surface area contributed by atoms with Crippen LogP contribution in [0.25, 0.3) is 10.9 Å². The molecular weight excluding hydrogens is 308 g/mol. The average Bonchev–Trinajstić information content (AvgIpc) is 2.54. The Morgan fingerprint density at radius 1 is 1.48 bits per heavy atom. The lowest BCUT2D eigenvalue weighted by Crippen LogP contribution is -2.45. The molecule has 1 aromatic heterocycles. The normalized spacial score (nSPS) is 15.5. The summed E-state index contributed by atoms with van der Waals surface area (Å²) in [5.41, 5.74) is 1.01. The number of carbonyl (C=O) groups is 1. The minimum absolute atomic E-state index is 0.0715. The van der Waals surface area contributed by atoms with Gasteiger partial charge in [0, 0.05) is 23.2 Å². The summed E-state index contributed by atoms with van der Waals surface area (Å²) in [5, 5.41) is 3.92. The first-order valence-electron chi connectivity index (χ1n) is 7.56. The number of thioether (sulfide) groups is 1. The van der Waals surface area contributed by atoms with Gasteiger partial charge in [-0.3, -0.25) is 9.78 Å². The molecule has 23 heavy (non-hydrogen) atoms. The summed E-state index contributed by atoms with van der Waals surface area (Å²) in [6.07, 6.45) is 12.2. The Kier molecular flexibility index (Phi) is 4.73. The predicted octanol–water partition coefficient (Wildman–Crippen LogP) is 2.95. The number of nitrogens with one attached hydrogen (secondary N) is 1. The molecule has 4 nitrogen and oxygen atoms in total. The van der Waals surface area contributed by atoms with E-state index in [2.05, 4.69) is 16.2 Å². The highest BCUT2D eigenvalue weighted by Crippen LogP contribution is 2.24. The lowest BCUT2D eigenvalue weighted by atomic mass is 9.93. The minimum atomic E-state index is -0.558. The van der Waals surface area contributed by atoms with Crippen LogP contribution in [0.15, 0.2) is 30.5 Å². The number of aromatic nitrogens is 1. The molecule has 1 atom stereocenters. The molecule has 2 aromatic rings. The van der Waals surface area contributed by atoms with Crippen molar-refractivity contribution in [1.82, 2.24) is 10.3 Å². The Bertz CT molecular complexity index is 765. The van der Waals surface area contributed by atoms with Crippen molar-refractivity contribution in [1.29, 1.82) is 0 Å². The number of ether oxygens (including phenoxy) is 1. The highest BCUT2D eigenvalue weighted by Gasteiger charge is 2.25. The van der Waals surface area contributed by atoms with Gasteiger partial charge in [0.1, 0.15) is 5.75 Å². The van der Waals surface area contributed by atoms with E-state index in [4.69, 9.17) is 11.2 Å². The summed E-state index contributed by atoms with van der Waals surface area (Å²) < 4.78 is 5.85. The zero-order valence-corrected chi connectivity index (χ0v) is 13.7. The smallest absolute Gasteiger partial charge is 0.271 e. The summed E-state index contributed by atoms with van der Waals surface area (Å²) in [6, 6.07) is 7.75. The van der Waals surface area contributed by atoms with Crippen LogP contribution in [0.4, 0.5) is 0 Å². The highest BCUT2D eigenvalue weighted by atomic mass is 32.2. The van der Waals surface area contributed by atoms with Crippen molar-refractivity contribution in [3.05, 3.63) is 36.0 Å². The maximum Gasteiger partial charge on any atom is 0.271 e. The fraction of sp³-hybridized carbons (Fsp3) is 0.333. The van der Waals surface area contributed by atoms with Crippen molar-refractivity contribution >= 4 is 28.6 Å². The quantitative estimate of drug-likeness (QED) is 0.678. The number of carbonyl (C=O) groups excluding carboxylic acids is 1. The van der Waals surface area contributed by atoms with Gasteiger partial charge in [0.25, 0.3) is 5.91 Å².